The fraction of sp³-hybridized carbons (Fsp3) is 0.133. The Morgan fingerprint density at radius 2 is 2.00 bits per heavy atom. The van der Waals surface area contributed by atoms with Crippen molar-refractivity contribution in [3.05, 3.63) is 59.4 Å². The number of benzene rings is 2. The van der Waals surface area contributed by atoms with Gasteiger partial charge in [-0.1, -0.05) is 24.3 Å². The normalized spacial score (nSPS) is 10.2. The monoisotopic (exact) mass is 259 g/mol. The molecule has 0 radical (unpaired) electrons. The Balaban J connectivity index is 2.05. The first-order valence-electron chi connectivity index (χ1n) is 5.89. The first-order valence-corrected chi connectivity index (χ1v) is 5.89. The molecular weight excluding hydrogens is 245 g/mol. The van der Waals surface area contributed by atoms with Crippen LogP contribution in [0.4, 0.5) is 10.1 Å². The molecule has 0 bridgehead atoms. The van der Waals surface area contributed by atoms with Gasteiger partial charge in [0.1, 0.15) is 11.6 Å². The lowest BCUT2D eigenvalue weighted by Gasteiger charge is -2.07. The first kappa shape index (κ1) is 13.1. The summed E-state index contributed by atoms with van der Waals surface area (Å²) in [6.07, 6.45) is -0.0404. The van der Waals surface area contributed by atoms with Gasteiger partial charge < -0.3 is 10.4 Å². The number of hydrogen-bond acceptors (Lipinski definition) is 2. The molecule has 0 aliphatic heterocycles. The van der Waals surface area contributed by atoms with Crippen LogP contribution in [0.5, 0.6) is 5.75 Å². The van der Waals surface area contributed by atoms with Gasteiger partial charge >= 0.3 is 0 Å². The van der Waals surface area contributed by atoms with Crippen molar-refractivity contribution < 1.29 is 14.3 Å². The second kappa shape index (κ2) is 5.52. The molecule has 2 N–H and O–H groups in total. The lowest BCUT2D eigenvalue weighted by Crippen LogP contribution is -2.15. The van der Waals surface area contributed by atoms with Crippen molar-refractivity contribution >= 4 is 11.6 Å². The minimum absolute atomic E-state index is 0.0404. The van der Waals surface area contributed by atoms with Crippen LogP contribution in [0.25, 0.3) is 0 Å². The average molecular weight is 259 g/mol. The summed E-state index contributed by atoms with van der Waals surface area (Å²) in [6, 6.07) is 11.0. The van der Waals surface area contributed by atoms with Crippen molar-refractivity contribution in [2.24, 2.45) is 0 Å². The SMILES string of the molecule is Cc1ccc(NC(=O)Cc2ccccc2F)cc1O. The zero-order chi connectivity index (χ0) is 13.8. The number of carbonyl (C=O) groups is 1. The van der Waals surface area contributed by atoms with Crippen molar-refractivity contribution in [3.63, 3.8) is 0 Å². The van der Waals surface area contributed by atoms with Gasteiger partial charge in [0.25, 0.3) is 0 Å². The molecular formula is C15H14FNO2. The number of anilines is 1. The summed E-state index contributed by atoms with van der Waals surface area (Å²) in [5.74, 6) is -0.610. The van der Waals surface area contributed by atoms with Gasteiger partial charge in [-0.2, -0.15) is 0 Å². The van der Waals surface area contributed by atoms with Gasteiger partial charge in [-0.15, -0.1) is 0 Å². The van der Waals surface area contributed by atoms with Crippen LogP contribution in [0.2, 0.25) is 0 Å². The third kappa shape index (κ3) is 3.31. The van der Waals surface area contributed by atoms with Crippen molar-refractivity contribution in [2.45, 2.75) is 13.3 Å². The Hall–Kier alpha value is -2.36. The molecule has 0 saturated heterocycles. The molecule has 2 rings (SSSR count). The van der Waals surface area contributed by atoms with Gasteiger partial charge in [0.2, 0.25) is 5.91 Å². The van der Waals surface area contributed by atoms with E-state index in [4.69, 9.17) is 0 Å². The molecule has 3 nitrogen and oxygen atoms in total. The van der Waals surface area contributed by atoms with E-state index in [1.54, 1.807) is 37.3 Å². The summed E-state index contributed by atoms with van der Waals surface area (Å²) in [7, 11) is 0. The Kier molecular flexibility index (Phi) is 3.80. The number of halogens is 1. The molecule has 19 heavy (non-hydrogen) atoms. The molecule has 1 amide bonds. The number of hydrogen-bond donors (Lipinski definition) is 2. The third-order valence-corrected chi connectivity index (χ3v) is 2.80. The van der Waals surface area contributed by atoms with Crippen LogP contribution in [0.3, 0.4) is 0 Å². The fourth-order valence-corrected chi connectivity index (χ4v) is 1.71. The smallest absolute Gasteiger partial charge is 0.228 e. The maximum absolute atomic E-state index is 13.4. The number of nitrogens with one attached hydrogen (secondary N) is 1. The summed E-state index contributed by atoms with van der Waals surface area (Å²) in [5, 5.41) is 12.2. The second-order valence-electron chi connectivity index (χ2n) is 4.32. The predicted molar refractivity (Wildman–Crippen MR) is 71.6 cm³/mol. The summed E-state index contributed by atoms with van der Waals surface area (Å²) in [5.41, 5.74) is 1.56. The maximum atomic E-state index is 13.4. The van der Waals surface area contributed by atoms with Crippen LogP contribution in [-0.2, 0) is 11.2 Å². The molecule has 2 aromatic rings. The van der Waals surface area contributed by atoms with E-state index in [9.17, 15) is 14.3 Å². The number of phenols is 1. The van der Waals surface area contributed by atoms with Gasteiger partial charge in [-0.05, 0) is 30.2 Å². The first-order chi connectivity index (χ1) is 9.06. The molecule has 98 valence electrons. The summed E-state index contributed by atoms with van der Waals surface area (Å²) >= 11 is 0. The molecule has 0 unspecified atom stereocenters. The molecule has 0 spiro atoms. The molecule has 0 aliphatic carbocycles. The van der Waals surface area contributed by atoms with Crippen molar-refractivity contribution in [2.75, 3.05) is 5.32 Å². The molecule has 4 heteroatoms. The van der Waals surface area contributed by atoms with E-state index in [1.807, 2.05) is 0 Å². The van der Waals surface area contributed by atoms with E-state index in [1.165, 1.54) is 12.1 Å². The molecule has 0 fully saturated rings. The highest BCUT2D eigenvalue weighted by molar-refractivity contribution is 5.92. The fourth-order valence-electron chi connectivity index (χ4n) is 1.71. The highest BCUT2D eigenvalue weighted by Crippen LogP contribution is 2.21. The quantitative estimate of drug-likeness (QED) is 0.890. The number of rotatable bonds is 3. The number of carbonyl (C=O) groups excluding carboxylic acids is 1. The number of aryl methyl sites for hydroxylation is 1. The van der Waals surface area contributed by atoms with Crippen LogP contribution in [0.15, 0.2) is 42.5 Å². The topological polar surface area (TPSA) is 49.3 Å². The minimum Gasteiger partial charge on any atom is -0.508 e. The van der Waals surface area contributed by atoms with E-state index in [2.05, 4.69) is 5.32 Å². The lowest BCUT2D eigenvalue weighted by atomic mass is 10.1. The minimum atomic E-state index is -0.399. The van der Waals surface area contributed by atoms with E-state index in [-0.39, 0.29) is 18.1 Å². The predicted octanol–water partition coefficient (Wildman–Crippen LogP) is 3.02. The third-order valence-electron chi connectivity index (χ3n) is 2.80. The van der Waals surface area contributed by atoms with Crippen LogP contribution in [-0.4, -0.2) is 11.0 Å². The van der Waals surface area contributed by atoms with Crippen molar-refractivity contribution in [1.29, 1.82) is 0 Å². The molecule has 0 saturated carbocycles. The lowest BCUT2D eigenvalue weighted by molar-refractivity contribution is -0.115. The summed E-state index contributed by atoms with van der Waals surface area (Å²) in [4.78, 5) is 11.8. The average Bonchev–Trinajstić information content (AvgIpc) is 2.37. The molecule has 0 atom stereocenters. The standard InChI is InChI=1S/C15H14FNO2/c1-10-6-7-12(9-14(10)18)17-15(19)8-11-4-2-3-5-13(11)16/h2-7,9,18H,8H2,1H3,(H,17,19). The van der Waals surface area contributed by atoms with Crippen molar-refractivity contribution in [1.82, 2.24) is 0 Å². The molecule has 0 heterocycles. The number of phenolic OH excluding ortho intramolecular Hbond substituents is 1. The van der Waals surface area contributed by atoms with Crippen LogP contribution in [0.1, 0.15) is 11.1 Å². The Labute approximate surface area is 110 Å². The summed E-state index contributed by atoms with van der Waals surface area (Å²) < 4.78 is 13.4. The highest BCUT2D eigenvalue weighted by atomic mass is 19.1. The van der Waals surface area contributed by atoms with Gasteiger partial charge in [-0.25, -0.2) is 4.39 Å². The zero-order valence-corrected chi connectivity index (χ0v) is 10.5. The Morgan fingerprint density at radius 1 is 1.26 bits per heavy atom. The Morgan fingerprint density at radius 3 is 2.68 bits per heavy atom. The van der Waals surface area contributed by atoms with Crippen LogP contribution in [0, 0.1) is 12.7 Å². The van der Waals surface area contributed by atoms with Gasteiger partial charge in [0.15, 0.2) is 0 Å². The highest BCUT2D eigenvalue weighted by Gasteiger charge is 2.08. The second-order valence-corrected chi connectivity index (χ2v) is 4.32. The summed E-state index contributed by atoms with van der Waals surface area (Å²) in [6.45, 7) is 1.76. The van der Waals surface area contributed by atoms with Crippen LogP contribution < -0.4 is 5.32 Å². The van der Waals surface area contributed by atoms with E-state index in [0.717, 1.165) is 5.56 Å². The van der Waals surface area contributed by atoms with Gasteiger partial charge in [0, 0.05) is 11.8 Å². The van der Waals surface area contributed by atoms with Crippen molar-refractivity contribution in [3.8, 4) is 5.75 Å². The number of amides is 1. The van der Waals surface area contributed by atoms with E-state index in [0.29, 0.717) is 11.3 Å². The molecule has 0 aliphatic rings. The number of aromatic hydroxyl groups is 1. The Bertz CT molecular complexity index is 611. The van der Waals surface area contributed by atoms with Gasteiger partial charge in [-0.3, -0.25) is 4.79 Å². The molecule has 0 aromatic heterocycles. The van der Waals surface area contributed by atoms with Crippen LogP contribution >= 0.6 is 0 Å². The van der Waals surface area contributed by atoms with Gasteiger partial charge in [0.05, 0.1) is 6.42 Å². The van der Waals surface area contributed by atoms with E-state index < -0.39 is 5.82 Å². The largest absolute Gasteiger partial charge is 0.508 e. The molecule has 2 aromatic carbocycles. The maximum Gasteiger partial charge on any atom is 0.228 e. The zero-order valence-electron chi connectivity index (χ0n) is 10.5. The van der Waals surface area contributed by atoms with E-state index >= 15 is 0 Å².